The Morgan fingerprint density at radius 3 is 2.77 bits per heavy atom. The first-order chi connectivity index (χ1) is 12.6. The Morgan fingerprint density at radius 1 is 1.35 bits per heavy atom. The highest BCUT2D eigenvalue weighted by molar-refractivity contribution is 5.70. The van der Waals surface area contributed by atoms with Crippen LogP contribution in [0, 0.1) is 0 Å². The van der Waals surface area contributed by atoms with Crippen LogP contribution in [0.15, 0.2) is 24.4 Å². The number of aliphatic hydroxyl groups excluding tert-OH is 1. The minimum Gasteiger partial charge on any atom is -0.466 e. The van der Waals surface area contributed by atoms with Crippen molar-refractivity contribution < 1.29 is 19.0 Å². The number of esters is 1. The molecule has 0 bridgehead atoms. The number of halogens is 1. The molecule has 1 aromatic carbocycles. The number of benzene rings is 1. The average molecular weight is 363 g/mol. The third-order valence-corrected chi connectivity index (χ3v) is 4.39. The first-order valence-electron chi connectivity index (χ1n) is 8.94. The quantitative estimate of drug-likeness (QED) is 0.657. The van der Waals surface area contributed by atoms with Gasteiger partial charge in [-0.3, -0.25) is 9.48 Å². The van der Waals surface area contributed by atoms with E-state index in [0.717, 1.165) is 17.8 Å². The molecule has 0 spiro atoms. The van der Waals surface area contributed by atoms with E-state index in [1.54, 1.807) is 23.7 Å². The maximum atomic E-state index is 13.0. The summed E-state index contributed by atoms with van der Waals surface area (Å²) in [7, 11) is 0. The van der Waals surface area contributed by atoms with E-state index in [2.05, 4.69) is 10.3 Å². The summed E-state index contributed by atoms with van der Waals surface area (Å²) in [4.78, 5) is 12.0. The second-order valence-corrected chi connectivity index (χ2v) is 6.13. The lowest BCUT2D eigenvalue weighted by molar-refractivity contribution is -0.143. The van der Waals surface area contributed by atoms with Gasteiger partial charge in [0.2, 0.25) is 0 Å². The van der Waals surface area contributed by atoms with Gasteiger partial charge in [-0.15, -0.1) is 5.10 Å². The van der Waals surface area contributed by atoms with Crippen LogP contribution in [-0.2, 0) is 35.8 Å². The van der Waals surface area contributed by atoms with Crippen LogP contribution >= 0.6 is 0 Å². The van der Waals surface area contributed by atoms with Gasteiger partial charge < -0.3 is 9.84 Å². The fourth-order valence-electron chi connectivity index (χ4n) is 2.91. The molecule has 0 aliphatic rings. The molecule has 0 aliphatic heterocycles. The van der Waals surface area contributed by atoms with Crippen LogP contribution in [0.4, 0.5) is 4.39 Å². The molecule has 142 valence electrons. The van der Waals surface area contributed by atoms with E-state index in [9.17, 15) is 14.3 Å². The molecule has 1 unspecified atom stereocenters. The van der Waals surface area contributed by atoms with Crippen LogP contribution in [0.5, 0.6) is 0 Å². The second-order valence-electron chi connectivity index (χ2n) is 6.13. The van der Waals surface area contributed by atoms with Gasteiger partial charge in [-0.2, -0.15) is 0 Å². The summed E-state index contributed by atoms with van der Waals surface area (Å²) in [6.45, 7) is 3.99. The largest absolute Gasteiger partial charge is 0.466 e. The number of rotatable bonds is 10. The molecule has 2 rings (SSSR count). The molecule has 0 amide bonds. The summed E-state index contributed by atoms with van der Waals surface area (Å²) >= 11 is 0. The zero-order chi connectivity index (χ0) is 18.9. The Kier molecular flexibility index (Phi) is 7.72. The highest BCUT2D eigenvalue weighted by Crippen LogP contribution is 2.28. The van der Waals surface area contributed by atoms with Crippen LogP contribution < -0.4 is 0 Å². The molecule has 6 nitrogen and oxygen atoms in total. The third kappa shape index (κ3) is 5.36. The Morgan fingerprint density at radius 2 is 2.15 bits per heavy atom. The number of hydrogen-bond acceptors (Lipinski definition) is 5. The van der Waals surface area contributed by atoms with Crippen molar-refractivity contribution in [3.05, 3.63) is 46.8 Å². The van der Waals surface area contributed by atoms with Crippen molar-refractivity contribution >= 4 is 5.97 Å². The minimum absolute atomic E-state index is 0.0974. The van der Waals surface area contributed by atoms with Crippen molar-refractivity contribution in [2.45, 2.75) is 58.9 Å². The topological polar surface area (TPSA) is 77.2 Å². The normalized spacial score (nSPS) is 12.2. The average Bonchev–Trinajstić information content (AvgIpc) is 3.12. The summed E-state index contributed by atoms with van der Waals surface area (Å²) < 4.78 is 19.9. The molecule has 26 heavy (non-hydrogen) atoms. The van der Waals surface area contributed by atoms with Gasteiger partial charge in [0.15, 0.2) is 0 Å². The van der Waals surface area contributed by atoms with Gasteiger partial charge >= 0.3 is 5.97 Å². The first-order valence-corrected chi connectivity index (χ1v) is 8.94. The molecular weight excluding hydrogens is 337 g/mol. The fraction of sp³-hybridized carbons (Fsp3) is 0.526. The lowest BCUT2D eigenvalue weighted by atomic mass is 9.88. The second kappa shape index (κ2) is 10.0. The maximum Gasteiger partial charge on any atom is 0.306 e. The first kappa shape index (κ1) is 20.0. The molecule has 0 aliphatic carbocycles. The third-order valence-electron chi connectivity index (χ3n) is 4.39. The number of alkyl halides is 1. The number of hydrogen-bond donors (Lipinski definition) is 1. The minimum atomic E-state index is -0.626. The molecule has 1 atom stereocenters. The highest BCUT2D eigenvalue weighted by Gasteiger charge is 2.19. The van der Waals surface area contributed by atoms with E-state index >= 15 is 0 Å². The Labute approximate surface area is 153 Å². The van der Waals surface area contributed by atoms with E-state index in [0.29, 0.717) is 30.6 Å². The number of carbonyl (C=O) groups is 1. The summed E-state index contributed by atoms with van der Waals surface area (Å²) in [5.41, 5.74) is 2.78. The molecule has 1 aromatic heterocycles. The highest BCUT2D eigenvalue weighted by atomic mass is 19.1. The Bertz CT molecular complexity index is 718. The summed E-state index contributed by atoms with van der Waals surface area (Å²) in [5, 5.41) is 17.6. The van der Waals surface area contributed by atoms with Gasteiger partial charge in [-0.25, -0.2) is 4.39 Å². The van der Waals surface area contributed by atoms with Crippen molar-refractivity contribution in [2.75, 3.05) is 6.61 Å². The summed E-state index contributed by atoms with van der Waals surface area (Å²) in [5.74, 6) is -0.366. The summed E-state index contributed by atoms with van der Waals surface area (Å²) in [6, 6.07) is 5.27. The Balaban J connectivity index is 2.18. The van der Waals surface area contributed by atoms with Crippen molar-refractivity contribution in [1.82, 2.24) is 15.0 Å². The van der Waals surface area contributed by atoms with Gasteiger partial charge in [-0.05, 0) is 49.3 Å². The number of nitrogens with zero attached hydrogens (tertiary/aromatic N) is 3. The summed E-state index contributed by atoms with van der Waals surface area (Å²) in [6.07, 6.45) is 3.48. The van der Waals surface area contributed by atoms with E-state index in [1.165, 1.54) is 0 Å². The molecule has 1 heterocycles. The number of carbonyl (C=O) groups excluding carboxylic acids is 1. The number of aliphatic hydroxyl groups is 1. The van der Waals surface area contributed by atoms with Crippen LogP contribution in [0.2, 0.25) is 0 Å². The van der Waals surface area contributed by atoms with Crippen LogP contribution in [0.25, 0.3) is 0 Å². The molecule has 0 radical (unpaired) electrons. The molecule has 2 aromatic rings. The molecule has 0 saturated heterocycles. The lowest BCUT2D eigenvalue weighted by Crippen LogP contribution is -2.12. The predicted molar refractivity (Wildman–Crippen MR) is 95.2 cm³/mol. The SMILES string of the molecule is CCOC(=O)CC(CCc1cn(CC)nn1)c1ccc(CF)c(CO)c1. The molecule has 7 heteroatoms. The predicted octanol–water partition coefficient (Wildman–Crippen LogP) is 2.93. The van der Waals surface area contributed by atoms with E-state index in [4.69, 9.17) is 4.74 Å². The van der Waals surface area contributed by atoms with E-state index in [1.807, 2.05) is 19.2 Å². The zero-order valence-electron chi connectivity index (χ0n) is 15.3. The zero-order valence-corrected chi connectivity index (χ0v) is 15.3. The van der Waals surface area contributed by atoms with Crippen LogP contribution in [0.1, 0.15) is 55.0 Å². The number of ether oxygens (including phenoxy) is 1. The number of aromatic nitrogens is 3. The van der Waals surface area contributed by atoms with E-state index < -0.39 is 6.67 Å². The standard InChI is InChI=1S/C19H26FN3O3/c1-3-23-12-18(21-22-23)8-7-15(10-19(25)26-4-2)14-5-6-16(11-20)17(9-14)13-24/h5-6,9,12,15,24H,3-4,7-8,10-11,13H2,1-2H3. The van der Waals surface area contributed by atoms with Crippen molar-refractivity contribution in [1.29, 1.82) is 0 Å². The fourth-order valence-corrected chi connectivity index (χ4v) is 2.91. The van der Waals surface area contributed by atoms with Crippen molar-refractivity contribution in [3.8, 4) is 0 Å². The van der Waals surface area contributed by atoms with Gasteiger partial charge in [0.1, 0.15) is 6.67 Å². The van der Waals surface area contributed by atoms with Gasteiger partial charge in [0.05, 0.1) is 25.3 Å². The van der Waals surface area contributed by atoms with Gasteiger partial charge in [0, 0.05) is 12.7 Å². The maximum absolute atomic E-state index is 13.0. The molecule has 0 saturated carbocycles. The van der Waals surface area contributed by atoms with Crippen molar-refractivity contribution in [2.24, 2.45) is 0 Å². The number of aryl methyl sites for hydroxylation is 2. The smallest absolute Gasteiger partial charge is 0.306 e. The van der Waals surface area contributed by atoms with Gasteiger partial charge in [0.25, 0.3) is 0 Å². The van der Waals surface area contributed by atoms with Crippen LogP contribution in [0.3, 0.4) is 0 Å². The lowest BCUT2D eigenvalue weighted by Gasteiger charge is -2.18. The Hall–Kier alpha value is -2.28. The molecule has 0 fully saturated rings. The van der Waals surface area contributed by atoms with Crippen molar-refractivity contribution in [3.63, 3.8) is 0 Å². The molecule has 1 N–H and O–H groups in total. The van der Waals surface area contributed by atoms with Gasteiger partial charge in [-0.1, -0.05) is 23.4 Å². The van der Waals surface area contributed by atoms with E-state index in [-0.39, 0.29) is 24.9 Å². The molecular formula is C19H26FN3O3. The van der Waals surface area contributed by atoms with Crippen LogP contribution in [-0.4, -0.2) is 32.7 Å². The monoisotopic (exact) mass is 363 g/mol.